The number of rotatable bonds is 5. The fourth-order valence-corrected chi connectivity index (χ4v) is 9.90. The normalized spacial score (nSPS) is 26.6. The minimum atomic E-state index is -4.76. The number of pyridine rings is 1. The summed E-state index contributed by atoms with van der Waals surface area (Å²) in [5.74, 6) is -6.86. The second kappa shape index (κ2) is 13.4. The van der Waals surface area contributed by atoms with Gasteiger partial charge in [-0.2, -0.15) is 18.2 Å². The number of nitrogens with zero attached hydrogens (tertiary/aromatic N) is 3. The third kappa shape index (κ3) is 5.72. The van der Waals surface area contributed by atoms with E-state index in [1.807, 2.05) is 6.08 Å². The summed E-state index contributed by atoms with van der Waals surface area (Å²) in [5.41, 5.74) is 2.29. The van der Waals surface area contributed by atoms with E-state index in [9.17, 15) is 32.7 Å². The van der Waals surface area contributed by atoms with Crippen LogP contribution in [0.5, 0.6) is 11.5 Å². The molecule has 3 fully saturated rings. The van der Waals surface area contributed by atoms with Crippen LogP contribution in [0.2, 0.25) is 15.1 Å². The van der Waals surface area contributed by atoms with Gasteiger partial charge in [-0.15, -0.1) is 0 Å². The average Bonchev–Trinajstić information content (AvgIpc) is 3.56. The zero-order chi connectivity index (χ0) is 40.1. The molecule has 10 nitrogen and oxygen atoms in total. The van der Waals surface area contributed by atoms with E-state index in [0.717, 1.165) is 9.91 Å². The molecule has 57 heavy (non-hydrogen) atoms. The standard InChI is InChI=1S/C41H28Cl3F3N4O6/c42-23-3-1-21(2-4-23)40-30(37(54)51(39(40)56)49-35-31(44)15-22(17-48-35)41(45,46)47)16-29-27(34(40)20-13-19-14-26(52)9-12-32(19)57-18-20)10-11-28-33(29)38(55)50(36(28)53)25-7-5-24(43)6-8-25/h1-10,12,14-15,17-18,28-30,33-34,52H,11,13,16H2,(H,48,49). The highest BCUT2D eigenvalue weighted by Crippen LogP contribution is 2.63. The smallest absolute Gasteiger partial charge is 0.417 e. The SMILES string of the molecule is O=C1C2CC3C(=CCC4C(=O)N(c5ccc(Cl)cc5)C(=O)C43)C(C3=COc4ccc(O)cc4C3)C2(c2ccc(Cl)cc2)C(=O)N1Nc1ncc(C(F)(F)F)cc1Cl. The van der Waals surface area contributed by atoms with E-state index in [1.54, 1.807) is 54.6 Å². The first-order valence-corrected chi connectivity index (χ1v) is 19.0. The number of carbonyl (C=O) groups is 4. The lowest BCUT2D eigenvalue weighted by molar-refractivity contribution is -0.139. The molecule has 2 aliphatic carbocycles. The Morgan fingerprint density at radius 3 is 2.26 bits per heavy atom. The zero-order valence-corrected chi connectivity index (χ0v) is 31.5. The number of aromatic hydroxyl groups is 1. The maximum atomic E-state index is 15.4. The van der Waals surface area contributed by atoms with Crippen molar-refractivity contribution >= 4 is 69.9 Å². The van der Waals surface area contributed by atoms with Crippen molar-refractivity contribution in [2.75, 3.05) is 10.3 Å². The first-order chi connectivity index (χ1) is 27.2. The van der Waals surface area contributed by atoms with Crippen molar-refractivity contribution in [1.82, 2.24) is 9.99 Å². The van der Waals surface area contributed by atoms with E-state index in [0.29, 0.717) is 56.0 Å². The molecule has 6 unspecified atom stereocenters. The summed E-state index contributed by atoms with van der Waals surface area (Å²) in [6.07, 6.45) is -0.564. The van der Waals surface area contributed by atoms with Gasteiger partial charge in [0.05, 0.1) is 45.7 Å². The van der Waals surface area contributed by atoms with Gasteiger partial charge in [-0.25, -0.2) is 4.98 Å². The highest BCUT2D eigenvalue weighted by atomic mass is 35.5. The van der Waals surface area contributed by atoms with E-state index in [4.69, 9.17) is 39.5 Å². The van der Waals surface area contributed by atoms with Crippen LogP contribution in [0.1, 0.15) is 29.5 Å². The van der Waals surface area contributed by atoms with Crippen LogP contribution in [0.3, 0.4) is 0 Å². The molecule has 2 N–H and O–H groups in total. The van der Waals surface area contributed by atoms with E-state index in [-0.39, 0.29) is 30.8 Å². The van der Waals surface area contributed by atoms with Crippen LogP contribution in [-0.2, 0) is 37.2 Å². The monoisotopic (exact) mass is 834 g/mol. The van der Waals surface area contributed by atoms with Gasteiger partial charge in [0.25, 0.3) is 11.8 Å². The van der Waals surface area contributed by atoms with Crippen molar-refractivity contribution < 1.29 is 42.2 Å². The van der Waals surface area contributed by atoms with Gasteiger partial charge in [-0.1, -0.05) is 58.6 Å². The summed E-state index contributed by atoms with van der Waals surface area (Å²) >= 11 is 18.8. The summed E-state index contributed by atoms with van der Waals surface area (Å²) in [5, 5.41) is 11.4. The minimum absolute atomic E-state index is 0.0223. The van der Waals surface area contributed by atoms with Gasteiger partial charge in [0.2, 0.25) is 11.8 Å². The molecule has 5 aliphatic rings. The van der Waals surface area contributed by atoms with Gasteiger partial charge in [0.15, 0.2) is 5.82 Å². The fourth-order valence-electron chi connectivity index (χ4n) is 9.44. The molecule has 4 heterocycles. The van der Waals surface area contributed by atoms with Crippen LogP contribution in [0.4, 0.5) is 24.7 Å². The number of halogens is 6. The van der Waals surface area contributed by atoms with Gasteiger partial charge >= 0.3 is 6.18 Å². The van der Waals surface area contributed by atoms with Crippen molar-refractivity contribution in [2.45, 2.75) is 30.9 Å². The van der Waals surface area contributed by atoms with Crippen molar-refractivity contribution in [3.63, 3.8) is 0 Å². The second-order valence-corrected chi connectivity index (χ2v) is 16.0. The Morgan fingerprint density at radius 2 is 1.58 bits per heavy atom. The Hall–Kier alpha value is -5.37. The highest BCUT2D eigenvalue weighted by molar-refractivity contribution is 6.33. The Morgan fingerprint density at radius 1 is 0.877 bits per heavy atom. The number of hydrazine groups is 1. The lowest BCUT2D eigenvalue weighted by atomic mass is 9.48. The number of nitrogens with one attached hydrogen (secondary N) is 1. The maximum Gasteiger partial charge on any atom is 0.417 e. The average molecular weight is 836 g/mol. The van der Waals surface area contributed by atoms with Crippen LogP contribution in [0, 0.1) is 29.6 Å². The lowest BCUT2D eigenvalue weighted by Gasteiger charge is -2.51. The van der Waals surface area contributed by atoms with Crippen LogP contribution in [-0.4, -0.2) is 38.7 Å². The number of phenols is 1. The van der Waals surface area contributed by atoms with Crippen LogP contribution < -0.4 is 15.1 Å². The molecule has 4 aromatic rings. The number of ether oxygens (including phenoxy) is 1. The topological polar surface area (TPSA) is 129 Å². The summed E-state index contributed by atoms with van der Waals surface area (Å²) in [4.78, 5) is 63.9. The number of hydrogen-bond donors (Lipinski definition) is 2. The molecule has 16 heteroatoms. The van der Waals surface area contributed by atoms with E-state index in [1.165, 1.54) is 18.4 Å². The van der Waals surface area contributed by atoms with Gasteiger partial charge in [-0.3, -0.25) is 29.5 Å². The first-order valence-electron chi connectivity index (χ1n) is 17.8. The molecule has 2 saturated heterocycles. The molecule has 3 aliphatic heterocycles. The van der Waals surface area contributed by atoms with Crippen LogP contribution in [0.15, 0.2) is 102 Å². The van der Waals surface area contributed by atoms with Crippen molar-refractivity contribution in [1.29, 1.82) is 0 Å². The lowest BCUT2D eigenvalue weighted by Crippen LogP contribution is -2.55. The number of imide groups is 2. The molecule has 6 atom stereocenters. The van der Waals surface area contributed by atoms with Crippen molar-refractivity contribution in [3.05, 3.63) is 134 Å². The predicted molar refractivity (Wildman–Crippen MR) is 202 cm³/mol. The Kier molecular flexibility index (Phi) is 8.72. The Bertz CT molecular complexity index is 2480. The van der Waals surface area contributed by atoms with Gasteiger partial charge in [0.1, 0.15) is 11.5 Å². The number of phenolic OH excluding ortho intramolecular Hbond substituents is 1. The maximum absolute atomic E-state index is 15.4. The zero-order valence-electron chi connectivity index (χ0n) is 29.3. The van der Waals surface area contributed by atoms with E-state index < -0.39 is 75.4 Å². The quantitative estimate of drug-likeness (QED) is 0.152. The Balaban J connectivity index is 1.21. The minimum Gasteiger partial charge on any atom is -0.508 e. The number of amides is 4. The van der Waals surface area contributed by atoms with Gasteiger partial charge in [0, 0.05) is 34.1 Å². The predicted octanol–water partition coefficient (Wildman–Crippen LogP) is 8.31. The van der Waals surface area contributed by atoms with Crippen LogP contribution in [0.25, 0.3) is 0 Å². The number of carbonyl (C=O) groups excluding carboxylic acids is 4. The molecule has 0 spiro atoms. The summed E-state index contributed by atoms with van der Waals surface area (Å²) in [7, 11) is 0. The molecule has 9 rings (SSSR count). The number of alkyl halides is 3. The van der Waals surface area contributed by atoms with Crippen molar-refractivity contribution in [2.24, 2.45) is 29.6 Å². The molecular formula is C41H28Cl3F3N4O6. The van der Waals surface area contributed by atoms with E-state index >= 15 is 4.79 Å². The number of anilines is 2. The molecule has 3 aromatic carbocycles. The molecule has 1 saturated carbocycles. The fraction of sp³-hybridized carbons (Fsp3) is 0.244. The molecule has 0 bridgehead atoms. The summed E-state index contributed by atoms with van der Waals surface area (Å²) in [6.45, 7) is 0. The molecule has 1 aromatic heterocycles. The third-order valence-electron chi connectivity index (χ3n) is 11.8. The molecular weight excluding hydrogens is 808 g/mol. The van der Waals surface area contributed by atoms with Crippen molar-refractivity contribution in [3.8, 4) is 11.5 Å². The first kappa shape index (κ1) is 37.2. The van der Waals surface area contributed by atoms with Crippen LogP contribution >= 0.6 is 34.8 Å². The molecule has 4 amide bonds. The highest BCUT2D eigenvalue weighted by Gasteiger charge is 2.71. The van der Waals surface area contributed by atoms with Gasteiger partial charge in [-0.05, 0) is 90.6 Å². The Labute approximate surface area is 337 Å². The third-order valence-corrected chi connectivity index (χ3v) is 12.6. The largest absolute Gasteiger partial charge is 0.508 e. The molecule has 0 radical (unpaired) electrons. The number of benzene rings is 3. The summed E-state index contributed by atoms with van der Waals surface area (Å²) < 4.78 is 46.7. The number of allylic oxidation sites excluding steroid dienone is 3. The number of hydrogen-bond acceptors (Lipinski definition) is 8. The molecule has 290 valence electrons. The second-order valence-electron chi connectivity index (χ2n) is 14.7. The summed E-state index contributed by atoms with van der Waals surface area (Å²) in [6, 6.07) is 18.0. The number of aromatic nitrogens is 1. The van der Waals surface area contributed by atoms with Gasteiger partial charge < -0.3 is 9.84 Å². The van der Waals surface area contributed by atoms with E-state index in [2.05, 4.69) is 10.4 Å². The number of fused-ring (bicyclic) bond motifs is 5.